The summed E-state index contributed by atoms with van der Waals surface area (Å²) in [5.74, 6) is -1.82. The molecule has 0 saturated heterocycles. The van der Waals surface area contributed by atoms with Gasteiger partial charge < -0.3 is 20.2 Å². The highest BCUT2D eigenvalue weighted by Crippen LogP contribution is 2.04. The van der Waals surface area contributed by atoms with E-state index in [1.807, 2.05) is 0 Å². The Labute approximate surface area is 122 Å². The maximum atomic E-state index is 11.9. The molecular weight excluding hydrogens is 278 g/mol. The van der Waals surface area contributed by atoms with Gasteiger partial charge in [-0.05, 0) is 20.3 Å². The monoisotopic (exact) mass is 297 g/mol. The molecule has 0 radical (unpaired) electrons. The molecule has 3 atom stereocenters. The standard InChI is InChI=1S/C13H19N3O5/c1-8(6-14)21-13(19)11(5-4-10(17)7-15)16-12(18)9(2)20-3/h7-9,11,15H,4-5H2,1-3H3,(H,16,18)/t8-,9+,11-/m0/s1. The molecule has 0 saturated carbocycles. The summed E-state index contributed by atoms with van der Waals surface area (Å²) >= 11 is 0. The van der Waals surface area contributed by atoms with Gasteiger partial charge in [0, 0.05) is 13.5 Å². The van der Waals surface area contributed by atoms with Crippen molar-refractivity contribution < 1.29 is 23.9 Å². The zero-order valence-electron chi connectivity index (χ0n) is 12.2. The first-order chi connectivity index (χ1) is 9.85. The van der Waals surface area contributed by atoms with E-state index in [0.717, 1.165) is 0 Å². The van der Waals surface area contributed by atoms with Crippen molar-refractivity contribution in [3.63, 3.8) is 0 Å². The number of hydrogen-bond acceptors (Lipinski definition) is 7. The third-order valence-electron chi connectivity index (χ3n) is 2.64. The second-order valence-electron chi connectivity index (χ2n) is 4.30. The molecule has 0 fully saturated rings. The quantitative estimate of drug-likeness (QED) is 0.453. The summed E-state index contributed by atoms with van der Waals surface area (Å²) in [6.45, 7) is 2.88. The molecular formula is C13H19N3O5. The first-order valence-electron chi connectivity index (χ1n) is 6.32. The van der Waals surface area contributed by atoms with Crippen molar-refractivity contribution in [3.05, 3.63) is 0 Å². The minimum absolute atomic E-state index is 0.0205. The molecule has 0 aliphatic carbocycles. The van der Waals surface area contributed by atoms with Crippen LogP contribution in [0.5, 0.6) is 0 Å². The average Bonchev–Trinajstić information content (AvgIpc) is 2.49. The lowest BCUT2D eigenvalue weighted by Gasteiger charge is -2.19. The smallest absolute Gasteiger partial charge is 0.329 e. The van der Waals surface area contributed by atoms with Gasteiger partial charge in [0.15, 0.2) is 11.9 Å². The molecule has 8 nitrogen and oxygen atoms in total. The highest BCUT2D eigenvalue weighted by molar-refractivity contribution is 6.26. The lowest BCUT2D eigenvalue weighted by Crippen LogP contribution is -2.46. The Kier molecular flexibility index (Phi) is 8.57. The highest BCUT2D eigenvalue weighted by atomic mass is 16.5. The molecule has 0 aliphatic rings. The van der Waals surface area contributed by atoms with Crippen LogP contribution >= 0.6 is 0 Å². The number of amides is 1. The van der Waals surface area contributed by atoms with Crippen molar-refractivity contribution in [1.82, 2.24) is 5.32 Å². The van der Waals surface area contributed by atoms with Crippen molar-refractivity contribution in [2.75, 3.05) is 7.11 Å². The van der Waals surface area contributed by atoms with Gasteiger partial charge in [-0.1, -0.05) is 0 Å². The first kappa shape index (κ1) is 18.7. The summed E-state index contributed by atoms with van der Waals surface area (Å²) in [4.78, 5) is 34.7. The Morgan fingerprint density at radius 2 is 2.00 bits per heavy atom. The number of esters is 1. The minimum Gasteiger partial charge on any atom is -0.446 e. The summed E-state index contributed by atoms with van der Waals surface area (Å²) < 4.78 is 9.64. The summed E-state index contributed by atoms with van der Waals surface area (Å²) in [6.07, 6.45) is -1.21. The highest BCUT2D eigenvalue weighted by Gasteiger charge is 2.26. The van der Waals surface area contributed by atoms with Gasteiger partial charge in [0.2, 0.25) is 5.91 Å². The Hall–Kier alpha value is -2.27. The van der Waals surface area contributed by atoms with Crippen molar-refractivity contribution in [2.24, 2.45) is 0 Å². The van der Waals surface area contributed by atoms with E-state index in [1.165, 1.54) is 21.0 Å². The topological polar surface area (TPSA) is 129 Å². The van der Waals surface area contributed by atoms with Gasteiger partial charge >= 0.3 is 5.97 Å². The van der Waals surface area contributed by atoms with Gasteiger partial charge in [0.05, 0.1) is 6.21 Å². The first-order valence-corrected chi connectivity index (χ1v) is 6.32. The number of carbonyl (C=O) groups is 3. The molecule has 0 unspecified atom stereocenters. The lowest BCUT2D eigenvalue weighted by atomic mass is 10.1. The summed E-state index contributed by atoms with van der Waals surface area (Å²) in [5, 5.41) is 17.8. The van der Waals surface area contributed by atoms with Crippen molar-refractivity contribution >= 4 is 23.9 Å². The van der Waals surface area contributed by atoms with Crippen LogP contribution in [-0.2, 0) is 23.9 Å². The van der Waals surface area contributed by atoms with Crippen molar-refractivity contribution in [1.29, 1.82) is 10.7 Å². The van der Waals surface area contributed by atoms with Gasteiger partial charge in [0.25, 0.3) is 0 Å². The number of nitrogens with one attached hydrogen (secondary N) is 2. The maximum absolute atomic E-state index is 11.9. The van der Waals surface area contributed by atoms with Gasteiger partial charge in [-0.3, -0.25) is 9.59 Å². The van der Waals surface area contributed by atoms with Gasteiger partial charge in [0.1, 0.15) is 18.2 Å². The van der Waals surface area contributed by atoms with Crippen LogP contribution in [0.25, 0.3) is 0 Å². The minimum atomic E-state index is -1.07. The second kappa shape index (κ2) is 9.61. The second-order valence-corrected chi connectivity index (χ2v) is 4.30. The fraction of sp³-hybridized carbons (Fsp3) is 0.615. The predicted octanol–water partition coefficient (Wildman–Crippen LogP) is -0.0397. The lowest BCUT2D eigenvalue weighted by molar-refractivity contribution is -0.151. The molecule has 0 bridgehead atoms. The van der Waals surface area contributed by atoms with Crippen LogP contribution in [0.4, 0.5) is 0 Å². The number of ketones is 1. The third kappa shape index (κ3) is 7.17. The molecule has 1 amide bonds. The van der Waals surface area contributed by atoms with E-state index in [1.54, 1.807) is 6.07 Å². The zero-order valence-corrected chi connectivity index (χ0v) is 12.2. The molecule has 0 aliphatic heterocycles. The Morgan fingerprint density at radius 3 is 2.48 bits per heavy atom. The predicted molar refractivity (Wildman–Crippen MR) is 72.6 cm³/mol. The number of carbonyl (C=O) groups excluding carboxylic acids is 3. The number of nitrogens with zero attached hydrogens (tertiary/aromatic N) is 1. The number of rotatable bonds is 9. The van der Waals surface area contributed by atoms with E-state index >= 15 is 0 Å². The Morgan fingerprint density at radius 1 is 1.38 bits per heavy atom. The number of ether oxygens (including phenoxy) is 2. The summed E-state index contributed by atoms with van der Waals surface area (Å²) in [7, 11) is 1.34. The number of hydrogen-bond donors (Lipinski definition) is 2. The number of nitriles is 1. The molecule has 0 rings (SSSR count). The fourth-order valence-electron chi connectivity index (χ4n) is 1.29. The molecule has 0 aromatic rings. The average molecular weight is 297 g/mol. The van der Waals surface area contributed by atoms with Gasteiger partial charge in [-0.2, -0.15) is 5.26 Å². The number of methoxy groups -OCH3 is 1. The maximum Gasteiger partial charge on any atom is 0.329 e. The fourth-order valence-corrected chi connectivity index (χ4v) is 1.29. The molecule has 0 heterocycles. The van der Waals surface area contributed by atoms with Crippen LogP contribution < -0.4 is 5.32 Å². The van der Waals surface area contributed by atoms with Crippen molar-refractivity contribution in [3.8, 4) is 6.07 Å². The van der Waals surface area contributed by atoms with E-state index in [2.05, 4.69) is 5.32 Å². The van der Waals surface area contributed by atoms with Crippen LogP contribution in [0.15, 0.2) is 0 Å². The Bertz CT molecular complexity index is 444. The SMILES string of the molecule is CO[C@H](C)C(=O)N[C@@H](CCC(=O)C=N)C(=O)O[C@@H](C)C#N. The van der Waals surface area contributed by atoms with Gasteiger partial charge in [-0.25, -0.2) is 4.79 Å². The zero-order chi connectivity index (χ0) is 16.4. The van der Waals surface area contributed by atoms with Crippen LogP contribution in [0.3, 0.4) is 0 Å². The van der Waals surface area contributed by atoms with E-state index in [9.17, 15) is 14.4 Å². The number of Topliss-reactive ketones (excluding diaryl/α,β-unsaturated/α-hetero) is 1. The Balaban J connectivity index is 4.79. The van der Waals surface area contributed by atoms with E-state index in [0.29, 0.717) is 6.21 Å². The summed E-state index contributed by atoms with van der Waals surface area (Å²) in [5.41, 5.74) is 0. The molecule has 0 aromatic heterocycles. The van der Waals surface area contributed by atoms with Crippen LogP contribution in [0, 0.1) is 16.7 Å². The summed E-state index contributed by atoms with van der Waals surface area (Å²) in [6, 6.07) is 0.656. The molecule has 0 spiro atoms. The largest absolute Gasteiger partial charge is 0.446 e. The van der Waals surface area contributed by atoms with Crippen LogP contribution in [0.2, 0.25) is 0 Å². The van der Waals surface area contributed by atoms with E-state index < -0.39 is 35.9 Å². The third-order valence-corrected chi connectivity index (χ3v) is 2.64. The van der Waals surface area contributed by atoms with E-state index in [4.69, 9.17) is 20.1 Å². The molecule has 2 N–H and O–H groups in total. The molecule has 0 aromatic carbocycles. The van der Waals surface area contributed by atoms with Gasteiger partial charge in [-0.15, -0.1) is 0 Å². The molecule has 116 valence electrons. The molecule has 21 heavy (non-hydrogen) atoms. The van der Waals surface area contributed by atoms with Crippen LogP contribution in [-0.4, -0.2) is 49.2 Å². The molecule has 8 heteroatoms. The normalized spacial score (nSPS) is 14.2. The van der Waals surface area contributed by atoms with Crippen molar-refractivity contribution in [2.45, 2.75) is 44.9 Å². The van der Waals surface area contributed by atoms with E-state index in [-0.39, 0.29) is 12.8 Å². The van der Waals surface area contributed by atoms with Crippen LogP contribution in [0.1, 0.15) is 26.7 Å².